The summed E-state index contributed by atoms with van der Waals surface area (Å²) in [5, 5.41) is 20.6. The number of nitriles is 1. The van der Waals surface area contributed by atoms with Gasteiger partial charge in [0.15, 0.2) is 5.96 Å². The summed E-state index contributed by atoms with van der Waals surface area (Å²) in [5.74, 6) is 1.14. The first-order valence-electron chi connectivity index (χ1n) is 10.6. The number of aliphatic imine (C=N–C) groups is 1. The van der Waals surface area contributed by atoms with E-state index in [0.29, 0.717) is 49.9 Å². The normalized spacial score (nSPS) is 11.0. The number of ether oxygens (including phenoxy) is 2. The highest BCUT2D eigenvalue weighted by molar-refractivity contribution is 14.0. The second-order valence-corrected chi connectivity index (χ2v) is 6.82. The second-order valence-electron chi connectivity index (χ2n) is 6.82. The van der Waals surface area contributed by atoms with Gasteiger partial charge in [-0.15, -0.1) is 24.0 Å². The Morgan fingerprint density at radius 3 is 2.66 bits per heavy atom. The lowest BCUT2D eigenvalue weighted by atomic mass is 10.1. The van der Waals surface area contributed by atoms with Crippen LogP contribution in [-0.2, 0) is 15.9 Å². The highest BCUT2D eigenvalue weighted by Gasteiger charge is 2.16. The first kappa shape index (κ1) is 27.7. The van der Waals surface area contributed by atoms with Crippen LogP contribution in [0.15, 0.2) is 35.3 Å². The van der Waals surface area contributed by atoms with Gasteiger partial charge >= 0.3 is 0 Å². The molecule has 1 aromatic carbocycles. The van der Waals surface area contributed by atoms with Gasteiger partial charge in [-0.25, -0.2) is 4.68 Å². The van der Waals surface area contributed by atoms with E-state index in [2.05, 4.69) is 26.8 Å². The minimum Gasteiger partial charge on any atom is -0.382 e. The Bertz CT molecular complexity index is 850. The molecule has 0 amide bonds. The summed E-state index contributed by atoms with van der Waals surface area (Å²) in [5.41, 5.74) is 8.13. The fraction of sp³-hybridized carbons (Fsp3) is 0.500. The topological polar surface area (TPSA) is 123 Å². The summed E-state index contributed by atoms with van der Waals surface area (Å²) in [4.78, 5) is 4.60. The molecule has 10 heteroatoms. The number of rotatable bonds is 13. The first-order valence-corrected chi connectivity index (χ1v) is 10.6. The fourth-order valence-electron chi connectivity index (χ4n) is 2.95. The number of guanidine groups is 1. The molecule has 1 aromatic heterocycles. The maximum atomic E-state index is 9.51. The number of nitrogens with one attached hydrogen (secondary N) is 2. The first-order chi connectivity index (χ1) is 15.2. The van der Waals surface area contributed by atoms with E-state index in [1.54, 1.807) is 11.8 Å². The van der Waals surface area contributed by atoms with Crippen LogP contribution in [0.5, 0.6) is 0 Å². The van der Waals surface area contributed by atoms with Crippen LogP contribution in [-0.4, -0.2) is 62.3 Å². The van der Waals surface area contributed by atoms with Crippen molar-refractivity contribution in [2.75, 3.05) is 52.3 Å². The second kappa shape index (κ2) is 16.3. The number of hydrogen-bond donors (Lipinski definition) is 3. The molecule has 1 heterocycles. The van der Waals surface area contributed by atoms with E-state index in [-0.39, 0.29) is 24.0 Å². The Labute approximate surface area is 207 Å². The van der Waals surface area contributed by atoms with Gasteiger partial charge in [-0.3, -0.25) is 4.99 Å². The van der Waals surface area contributed by atoms with E-state index in [4.69, 9.17) is 15.2 Å². The number of nitrogens with two attached hydrogens (primary N) is 1. The number of nitrogen functional groups attached to an aromatic ring is 1. The van der Waals surface area contributed by atoms with Crippen molar-refractivity contribution >= 4 is 35.8 Å². The van der Waals surface area contributed by atoms with Crippen LogP contribution in [0.3, 0.4) is 0 Å². The Morgan fingerprint density at radius 1 is 1.19 bits per heavy atom. The highest BCUT2D eigenvalue weighted by Crippen LogP contribution is 2.21. The molecule has 0 radical (unpaired) electrons. The summed E-state index contributed by atoms with van der Waals surface area (Å²) < 4.78 is 12.0. The molecule has 176 valence electrons. The molecule has 0 aliphatic carbocycles. The van der Waals surface area contributed by atoms with E-state index >= 15 is 0 Å². The van der Waals surface area contributed by atoms with Crippen LogP contribution in [0.1, 0.15) is 31.0 Å². The summed E-state index contributed by atoms with van der Waals surface area (Å²) in [6, 6.07) is 11.8. The zero-order valence-corrected chi connectivity index (χ0v) is 21.2. The molecule has 0 aliphatic heterocycles. The van der Waals surface area contributed by atoms with Crippen LogP contribution in [0.4, 0.5) is 5.82 Å². The molecule has 4 N–H and O–H groups in total. The number of halogens is 1. The molecule has 0 saturated carbocycles. The fourth-order valence-corrected chi connectivity index (χ4v) is 2.95. The van der Waals surface area contributed by atoms with Gasteiger partial charge in [0.05, 0.1) is 24.6 Å². The molecule has 0 aliphatic rings. The van der Waals surface area contributed by atoms with E-state index in [1.807, 2.05) is 37.3 Å². The molecule has 0 bridgehead atoms. The lowest BCUT2D eigenvalue weighted by Crippen LogP contribution is -2.38. The Hall–Kier alpha value is -2.36. The lowest BCUT2D eigenvalue weighted by Gasteiger charge is -2.11. The summed E-state index contributed by atoms with van der Waals surface area (Å²) in [6.45, 7) is 6.10. The molecule has 0 spiro atoms. The number of para-hydroxylation sites is 1. The third-order valence-electron chi connectivity index (χ3n) is 4.48. The minimum atomic E-state index is 0. The van der Waals surface area contributed by atoms with Crippen LogP contribution in [0.25, 0.3) is 5.69 Å². The lowest BCUT2D eigenvalue weighted by molar-refractivity contribution is 0.0698. The van der Waals surface area contributed by atoms with E-state index in [1.165, 1.54) is 0 Å². The average molecular weight is 555 g/mol. The van der Waals surface area contributed by atoms with Gasteiger partial charge < -0.3 is 25.8 Å². The van der Waals surface area contributed by atoms with Crippen LogP contribution < -0.4 is 16.4 Å². The van der Waals surface area contributed by atoms with Crippen molar-refractivity contribution < 1.29 is 9.47 Å². The van der Waals surface area contributed by atoms with Crippen molar-refractivity contribution in [2.24, 2.45) is 4.99 Å². The predicted molar refractivity (Wildman–Crippen MR) is 138 cm³/mol. The Balaban J connectivity index is 0.00000512. The third-order valence-corrected chi connectivity index (χ3v) is 4.48. The number of aryl methyl sites for hydroxylation is 1. The van der Waals surface area contributed by atoms with Crippen LogP contribution in [0, 0.1) is 11.3 Å². The molecule has 0 unspecified atom stereocenters. The Morgan fingerprint density at radius 2 is 1.97 bits per heavy atom. The molecular formula is C22H34IN7O2. The van der Waals surface area contributed by atoms with Gasteiger partial charge in [0, 0.05) is 33.4 Å². The maximum Gasteiger partial charge on any atom is 0.191 e. The van der Waals surface area contributed by atoms with Crippen molar-refractivity contribution in [1.29, 1.82) is 5.26 Å². The molecule has 2 aromatic rings. The SMILES string of the molecule is CCNC(=NCCCc1nn(-c2ccccc2)c(N)c1C#N)NCCCOCCOC.I. The number of nitrogens with zero attached hydrogens (tertiary/aromatic N) is 4. The van der Waals surface area contributed by atoms with Crippen molar-refractivity contribution in [3.8, 4) is 11.8 Å². The van der Waals surface area contributed by atoms with Gasteiger partial charge in [-0.05, 0) is 38.3 Å². The molecule has 32 heavy (non-hydrogen) atoms. The molecular weight excluding hydrogens is 521 g/mol. The molecule has 0 atom stereocenters. The van der Waals surface area contributed by atoms with Crippen molar-refractivity contribution in [1.82, 2.24) is 20.4 Å². The maximum absolute atomic E-state index is 9.51. The molecule has 9 nitrogen and oxygen atoms in total. The summed E-state index contributed by atoms with van der Waals surface area (Å²) in [7, 11) is 1.66. The molecule has 2 rings (SSSR count). The van der Waals surface area contributed by atoms with Gasteiger partial charge in [-0.2, -0.15) is 10.4 Å². The van der Waals surface area contributed by atoms with Gasteiger partial charge in [0.25, 0.3) is 0 Å². The zero-order valence-electron chi connectivity index (χ0n) is 18.8. The van der Waals surface area contributed by atoms with E-state index in [9.17, 15) is 5.26 Å². The van der Waals surface area contributed by atoms with E-state index < -0.39 is 0 Å². The van der Waals surface area contributed by atoms with Gasteiger partial charge in [0.2, 0.25) is 0 Å². The molecule has 0 saturated heterocycles. The van der Waals surface area contributed by atoms with Crippen molar-refractivity contribution in [3.05, 3.63) is 41.6 Å². The smallest absolute Gasteiger partial charge is 0.191 e. The van der Waals surface area contributed by atoms with Crippen molar-refractivity contribution in [2.45, 2.75) is 26.2 Å². The van der Waals surface area contributed by atoms with Gasteiger partial charge in [0.1, 0.15) is 17.5 Å². The standard InChI is InChI=1S/C22H33N7O2.HI/c1-3-25-22(27-13-8-14-31-16-15-30-2)26-12-7-11-20-19(17-23)21(24)29(28-20)18-9-5-4-6-10-18;/h4-6,9-10H,3,7-8,11-16,24H2,1-2H3,(H2,25,26,27);1H. The molecule has 0 fully saturated rings. The van der Waals surface area contributed by atoms with E-state index in [0.717, 1.165) is 37.6 Å². The zero-order chi connectivity index (χ0) is 22.3. The van der Waals surface area contributed by atoms with Crippen LogP contribution >= 0.6 is 24.0 Å². The summed E-state index contributed by atoms with van der Waals surface area (Å²) in [6.07, 6.45) is 2.27. The van der Waals surface area contributed by atoms with Crippen molar-refractivity contribution in [3.63, 3.8) is 0 Å². The van der Waals surface area contributed by atoms with Crippen LogP contribution in [0.2, 0.25) is 0 Å². The third kappa shape index (κ3) is 9.02. The number of hydrogen-bond acceptors (Lipinski definition) is 6. The largest absolute Gasteiger partial charge is 0.382 e. The minimum absolute atomic E-state index is 0. The highest BCUT2D eigenvalue weighted by atomic mass is 127. The predicted octanol–water partition coefficient (Wildman–Crippen LogP) is 2.48. The Kier molecular flexibility index (Phi) is 14.1. The quantitative estimate of drug-likeness (QED) is 0.150. The summed E-state index contributed by atoms with van der Waals surface area (Å²) >= 11 is 0. The van der Waals surface area contributed by atoms with Gasteiger partial charge in [-0.1, -0.05) is 18.2 Å². The number of benzene rings is 1. The number of anilines is 1. The number of aromatic nitrogens is 2. The monoisotopic (exact) mass is 555 g/mol. The number of methoxy groups -OCH3 is 1. The average Bonchev–Trinajstić information content (AvgIpc) is 3.11.